The maximum atomic E-state index is 14.2. The Kier molecular flexibility index (Phi) is 9.66. The third-order valence-electron chi connectivity index (χ3n) is 6.56. The minimum absolute atomic E-state index is 0.0941. The minimum Gasteiger partial charge on any atom is -0.385 e. The van der Waals surface area contributed by atoms with Crippen LogP contribution >= 0.6 is 0 Å². The Morgan fingerprint density at radius 2 is 1.79 bits per heavy atom. The molecule has 2 nitrogen and oxygen atoms in total. The second-order valence-corrected chi connectivity index (χ2v) is 9.96. The number of halogens is 2. The highest BCUT2D eigenvalue weighted by atomic mass is 19.1. The van der Waals surface area contributed by atoms with Gasteiger partial charge in [0.1, 0.15) is 17.4 Å². The average molecular weight is 467 g/mol. The zero-order valence-corrected chi connectivity index (χ0v) is 21.6. The number of rotatable bonds is 9. The molecular formula is C30H40F2N2. The smallest absolute Gasteiger partial charge is 0.148 e. The lowest BCUT2D eigenvalue weighted by molar-refractivity contribution is 0.348. The first-order chi connectivity index (χ1) is 16.0. The van der Waals surface area contributed by atoms with E-state index < -0.39 is 11.7 Å². The van der Waals surface area contributed by atoms with Crippen LogP contribution in [0.25, 0.3) is 0 Å². The lowest BCUT2D eigenvalue weighted by Gasteiger charge is -2.37. The predicted octanol–water partition coefficient (Wildman–Crippen LogP) is 8.55. The van der Waals surface area contributed by atoms with Crippen molar-refractivity contribution >= 4 is 0 Å². The summed E-state index contributed by atoms with van der Waals surface area (Å²) in [6.07, 6.45) is 16.8. The van der Waals surface area contributed by atoms with Gasteiger partial charge in [-0.3, -0.25) is 0 Å². The Morgan fingerprint density at radius 1 is 1.09 bits per heavy atom. The van der Waals surface area contributed by atoms with Gasteiger partial charge in [0.2, 0.25) is 0 Å². The summed E-state index contributed by atoms with van der Waals surface area (Å²) < 4.78 is 28.3. The molecule has 1 unspecified atom stereocenters. The van der Waals surface area contributed by atoms with Crippen LogP contribution in [0, 0.1) is 5.41 Å². The van der Waals surface area contributed by atoms with Crippen LogP contribution in [0.5, 0.6) is 0 Å². The molecule has 2 rings (SSSR count). The van der Waals surface area contributed by atoms with Crippen molar-refractivity contribution < 1.29 is 8.78 Å². The van der Waals surface area contributed by atoms with Crippen LogP contribution in [-0.4, -0.2) is 6.04 Å². The normalized spacial score (nSPS) is 22.2. The minimum atomic E-state index is -0.519. The number of hydrogen-bond acceptors (Lipinski definition) is 2. The fourth-order valence-electron chi connectivity index (χ4n) is 4.41. The van der Waals surface area contributed by atoms with Gasteiger partial charge in [-0.25, -0.2) is 8.78 Å². The quantitative estimate of drug-likeness (QED) is 0.333. The summed E-state index contributed by atoms with van der Waals surface area (Å²) in [6, 6.07) is 0.342. The first-order valence-electron chi connectivity index (χ1n) is 12.0. The third-order valence-corrected chi connectivity index (χ3v) is 6.56. The first kappa shape index (κ1) is 27.4. The van der Waals surface area contributed by atoms with E-state index in [0.29, 0.717) is 23.7 Å². The molecule has 0 radical (unpaired) electrons. The van der Waals surface area contributed by atoms with Gasteiger partial charge in [0.15, 0.2) is 0 Å². The summed E-state index contributed by atoms with van der Waals surface area (Å²) in [5, 5.41) is 6.15. The van der Waals surface area contributed by atoms with Gasteiger partial charge >= 0.3 is 0 Å². The number of allylic oxidation sites excluding steroid dienone is 12. The monoisotopic (exact) mass is 466 g/mol. The molecular weight excluding hydrogens is 426 g/mol. The first-order valence-corrected chi connectivity index (χ1v) is 12.0. The van der Waals surface area contributed by atoms with Gasteiger partial charge in [-0.05, 0) is 86.9 Å². The van der Waals surface area contributed by atoms with E-state index in [1.807, 2.05) is 25.2 Å². The van der Waals surface area contributed by atoms with Gasteiger partial charge in [0.05, 0.1) is 0 Å². The van der Waals surface area contributed by atoms with Gasteiger partial charge in [-0.1, -0.05) is 63.0 Å². The van der Waals surface area contributed by atoms with Gasteiger partial charge in [0.25, 0.3) is 0 Å². The van der Waals surface area contributed by atoms with Crippen LogP contribution in [0.4, 0.5) is 8.78 Å². The molecule has 2 N–H and O–H groups in total. The van der Waals surface area contributed by atoms with Gasteiger partial charge in [-0.2, -0.15) is 0 Å². The molecule has 0 amide bonds. The van der Waals surface area contributed by atoms with Crippen molar-refractivity contribution in [3.05, 3.63) is 107 Å². The molecule has 2 aliphatic carbocycles. The van der Waals surface area contributed by atoms with Crippen LogP contribution in [-0.2, 0) is 0 Å². The van der Waals surface area contributed by atoms with E-state index in [4.69, 9.17) is 0 Å². The van der Waals surface area contributed by atoms with Gasteiger partial charge < -0.3 is 10.6 Å². The Bertz CT molecular complexity index is 1030. The van der Waals surface area contributed by atoms with Gasteiger partial charge in [-0.15, -0.1) is 0 Å². The molecule has 34 heavy (non-hydrogen) atoms. The van der Waals surface area contributed by atoms with Gasteiger partial charge in [0, 0.05) is 18.2 Å². The topological polar surface area (TPSA) is 24.1 Å². The zero-order chi connectivity index (χ0) is 25.5. The van der Waals surface area contributed by atoms with E-state index in [1.54, 1.807) is 19.2 Å². The zero-order valence-electron chi connectivity index (χ0n) is 21.6. The van der Waals surface area contributed by atoms with Crippen molar-refractivity contribution in [2.24, 2.45) is 5.41 Å². The van der Waals surface area contributed by atoms with Crippen molar-refractivity contribution in [3.8, 4) is 0 Å². The molecule has 0 heterocycles. The van der Waals surface area contributed by atoms with Crippen LogP contribution in [0.1, 0.15) is 67.2 Å². The Labute approximate surface area is 205 Å². The predicted molar refractivity (Wildman–Crippen MR) is 142 cm³/mol. The summed E-state index contributed by atoms with van der Waals surface area (Å²) in [6.45, 7) is 20.2. The van der Waals surface area contributed by atoms with Crippen LogP contribution in [0.3, 0.4) is 0 Å². The number of hydrogen-bond donors (Lipinski definition) is 2. The Balaban J connectivity index is 2.06. The molecule has 1 atom stereocenters. The van der Waals surface area contributed by atoms with E-state index in [9.17, 15) is 8.78 Å². The fourth-order valence-corrected chi connectivity index (χ4v) is 4.41. The van der Waals surface area contributed by atoms with E-state index in [2.05, 4.69) is 63.6 Å². The van der Waals surface area contributed by atoms with E-state index in [-0.39, 0.29) is 17.5 Å². The number of nitrogens with one attached hydrogen (secondary N) is 2. The summed E-state index contributed by atoms with van der Waals surface area (Å²) >= 11 is 0. The lowest BCUT2D eigenvalue weighted by Crippen LogP contribution is -2.34. The van der Waals surface area contributed by atoms with Crippen molar-refractivity contribution in [1.82, 2.24) is 10.6 Å². The Morgan fingerprint density at radius 3 is 2.47 bits per heavy atom. The lowest BCUT2D eigenvalue weighted by atomic mass is 9.71. The van der Waals surface area contributed by atoms with Crippen LogP contribution in [0.15, 0.2) is 107 Å². The molecule has 0 aromatic carbocycles. The molecule has 4 heteroatoms. The second kappa shape index (κ2) is 12.0. The molecule has 0 aromatic heterocycles. The highest BCUT2D eigenvalue weighted by molar-refractivity contribution is 5.41. The highest BCUT2D eigenvalue weighted by Gasteiger charge is 2.31. The maximum absolute atomic E-state index is 14.2. The molecule has 0 spiro atoms. The highest BCUT2D eigenvalue weighted by Crippen LogP contribution is 2.41. The van der Waals surface area contributed by atoms with E-state index in [0.717, 1.165) is 24.0 Å². The molecule has 0 fully saturated rings. The standard InChI is InChI=1S/C30H40F2N2/c1-9-33-27-17-18-30(7,8)25(24(27)6)15-13-20(2)11-10-12-21(3)19-23(5)34-29-26(31)16-14-22(4)28(29)32/h9-13,15,19,27,33-34H,1,5,14,16-18H2,2-4,6-8H3/b12-10+,15-13+,20-11+,21-19+. The fraction of sp³-hybridized carbons (Fsp3) is 0.400. The SMILES string of the molecule is C=CNC1CCC(C)(C)C(/C=C/C(C)=C/C=C/C(C)=C/C(=C)NC2=C(F)CCC(C)=C2F)=C1C. The summed E-state index contributed by atoms with van der Waals surface area (Å²) in [7, 11) is 0. The average Bonchev–Trinajstić information content (AvgIpc) is 2.75. The van der Waals surface area contributed by atoms with Crippen LogP contribution in [0.2, 0.25) is 0 Å². The molecule has 2 aliphatic rings. The van der Waals surface area contributed by atoms with Crippen molar-refractivity contribution in [2.75, 3.05) is 0 Å². The molecule has 0 saturated heterocycles. The summed E-state index contributed by atoms with van der Waals surface area (Å²) in [5.41, 5.74) is 5.85. The van der Waals surface area contributed by atoms with Crippen molar-refractivity contribution in [1.29, 1.82) is 0 Å². The largest absolute Gasteiger partial charge is 0.385 e. The summed E-state index contributed by atoms with van der Waals surface area (Å²) in [4.78, 5) is 0. The van der Waals surface area contributed by atoms with Crippen molar-refractivity contribution in [3.63, 3.8) is 0 Å². The maximum Gasteiger partial charge on any atom is 0.148 e. The molecule has 0 aromatic rings. The molecule has 0 aliphatic heterocycles. The molecule has 0 saturated carbocycles. The van der Waals surface area contributed by atoms with Crippen LogP contribution < -0.4 is 10.6 Å². The third kappa shape index (κ3) is 7.31. The molecule has 0 bridgehead atoms. The van der Waals surface area contributed by atoms with E-state index >= 15 is 0 Å². The van der Waals surface area contributed by atoms with Crippen molar-refractivity contribution in [2.45, 2.75) is 73.3 Å². The van der Waals surface area contributed by atoms with E-state index in [1.165, 1.54) is 11.1 Å². The summed E-state index contributed by atoms with van der Waals surface area (Å²) in [5.74, 6) is -0.982. The molecule has 184 valence electrons. The second-order valence-electron chi connectivity index (χ2n) is 9.96. The Hall–Kier alpha value is -2.88.